The Kier molecular flexibility index (Phi) is 7.03. The Morgan fingerprint density at radius 3 is 2.19 bits per heavy atom. The summed E-state index contributed by atoms with van der Waals surface area (Å²) in [5.74, 6) is -2.18. The zero-order valence-corrected chi connectivity index (χ0v) is 12.9. The molecule has 21 heavy (non-hydrogen) atoms. The van der Waals surface area contributed by atoms with Crippen LogP contribution in [0.3, 0.4) is 0 Å². The number of carbonyl (C=O) groups excluding carboxylic acids is 2. The van der Waals surface area contributed by atoms with E-state index in [0.717, 1.165) is 0 Å². The van der Waals surface area contributed by atoms with Gasteiger partial charge in [-0.05, 0) is 27.7 Å². The van der Waals surface area contributed by atoms with Gasteiger partial charge in [-0.2, -0.15) is 8.42 Å². The summed E-state index contributed by atoms with van der Waals surface area (Å²) < 4.78 is 34.1. The van der Waals surface area contributed by atoms with Crippen molar-refractivity contribution in [2.24, 2.45) is 0 Å². The van der Waals surface area contributed by atoms with Crippen LogP contribution in [0.5, 0.6) is 0 Å². The molecule has 0 fully saturated rings. The van der Waals surface area contributed by atoms with Crippen molar-refractivity contribution >= 4 is 22.1 Å². The number of aliphatic hydroxyl groups is 1. The van der Waals surface area contributed by atoms with Gasteiger partial charge in [0.25, 0.3) is 16.0 Å². The summed E-state index contributed by atoms with van der Waals surface area (Å²) in [6.45, 7) is 6.06. The minimum atomic E-state index is -4.42. The fourth-order valence-electron chi connectivity index (χ4n) is 1.08. The van der Waals surface area contributed by atoms with E-state index in [1.807, 2.05) is 0 Å². The molecule has 0 saturated carbocycles. The van der Waals surface area contributed by atoms with Gasteiger partial charge >= 0.3 is 6.09 Å². The van der Waals surface area contributed by atoms with Crippen LogP contribution in [0, 0.1) is 0 Å². The first kappa shape index (κ1) is 19.6. The van der Waals surface area contributed by atoms with Gasteiger partial charge in [0.15, 0.2) is 0 Å². The number of aliphatic hydroxyl groups excluding tert-OH is 1. The monoisotopic (exact) mass is 328 g/mol. The second-order valence-electron chi connectivity index (χ2n) is 5.17. The summed E-state index contributed by atoms with van der Waals surface area (Å²) in [6, 6.07) is -1.43. The molecule has 0 aromatic heterocycles. The lowest BCUT2D eigenvalue weighted by Gasteiger charge is -2.24. The highest BCUT2D eigenvalue weighted by atomic mass is 32.2. The number of carbonyl (C=O) groups is 2. The van der Waals surface area contributed by atoms with Gasteiger partial charge in [0.05, 0.1) is 6.10 Å². The average Bonchev–Trinajstić information content (AvgIpc) is 2.20. The molecule has 0 aromatic carbocycles. The Morgan fingerprint density at radius 2 is 1.81 bits per heavy atom. The molecule has 0 radical (unpaired) electrons. The number of hydroxylamine groups is 1. The molecule has 11 heteroatoms. The Morgan fingerprint density at radius 1 is 1.29 bits per heavy atom. The lowest BCUT2D eigenvalue weighted by atomic mass is 10.2. The molecule has 0 aliphatic carbocycles. The molecule has 0 saturated heterocycles. The maximum Gasteiger partial charge on any atom is 0.408 e. The van der Waals surface area contributed by atoms with Gasteiger partial charge in [0, 0.05) is 0 Å². The smallest absolute Gasteiger partial charge is 0.408 e. The van der Waals surface area contributed by atoms with Crippen LogP contribution in [0.25, 0.3) is 0 Å². The van der Waals surface area contributed by atoms with Gasteiger partial charge in [-0.25, -0.2) is 10.3 Å². The summed E-state index contributed by atoms with van der Waals surface area (Å²) in [5.41, 5.74) is 0.880. The largest absolute Gasteiger partial charge is 0.444 e. The highest BCUT2D eigenvalue weighted by Crippen LogP contribution is 2.07. The second kappa shape index (κ2) is 7.54. The summed E-state index contributed by atoms with van der Waals surface area (Å²) in [4.78, 5) is 27.4. The molecule has 0 aliphatic rings. The highest BCUT2D eigenvalue weighted by Gasteiger charge is 2.28. The molecule has 0 spiro atoms. The predicted molar refractivity (Wildman–Crippen MR) is 70.5 cm³/mol. The third-order valence-electron chi connectivity index (χ3n) is 1.82. The van der Waals surface area contributed by atoms with E-state index in [2.05, 4.69) is 10.2 Å². The van der Waals surface area contributed by atoms with Gasteiger partial charge in [-0.1, -0.05) is 0 Å². The Labute approximate surface area is 122 Å². The summed E-state index contributed by atoms with van der Waals surface area (Å²) in [7, 11) is -4.42. The van der Waals surface area contributed by atoms with Crippen LogP contribution in [0.15, 0.2) is 0 Å². The van der Waals surface area contributed by atoms with Gasteiger partial charge in [-0.3, -0.25) is 14.2 Å². The number of nitrogens with one attached hydrogen (secondary N) is 2. The number of alkyl carbamates (subject to hydrolysis) is 1. The van der Waals surface area contributed by atoms with Crippen LogP contribution < -0.4 is 10.8 Å². The lowest BCUT2D eigenvalue weighted by Crippen LogP contribution is -2.53. The van der Waals surface area contributed by atoms with E-state index in [9.17, 15) is 23.1 Å². The van der Waals surface area contributed by atoms with Gasteiger partial charge in [0.1, 0.15) is 11.6 Å². The van der Waals surface area contributed by atoms with E-state index in [4.69, 9.17) is 9.29 Å². The minimum Gasteiger partial charge on any atom is -0.444 e. The molecule has 2 atom stereocenters. The van der Waals surface area contributed by atoms with Crippen LogP contribution in [-0.4, -0.2) is 53.8 Å². The molecule has 10 nitrogen and oxygen atoms in total. The number of amides is 2. The van der Waals surface area contributed by atoms with E-state index in [0.29, 0.717) is 0 Å². The zero-order valence-electron chi connectivity index (χ0n) is 12.1. The van der Waals surface area contributed by atoms with E-state index in [1.165, 1.54) is 6.92 Å². The molecule has 0 aliphatic heterocycles. The normalized spacial score (nSPS) is 15.0. The van der Waals surface area contributed by atoms with Crippen LogP contribution in [-0.2, 0) is 24.5 Å². The average molecular weight is 328 g/mol. The van der Waals surface area contributed by atoms with Gasteiger partial charge in [-0.15, -0.1) is 0 Å². The van der Waals surface area contributed by atoms with Crippen LogP contribution in [0.1, 0.15) is 27.7 Å². The maximum atomic E-state index is 11.6. The standard InChI is InChI=1S/C10H20N2O8S/c1-6(13)7(11-9(15)20-10(2,3)4)8(14)12-19-5-21(16,17)18/h6-7,13H,5H2,1-4H3,(H,11,15)(H,12,14)(H,16,17,18)/t6-,7+/m1/s1. The molecular weight excluding hydrogens is 308 g/mol. The number of hydrogen-bond acceptors (Lipinski definition) is 7. The number of hydrogen-bond donors (Lipinski definition) is 4. The topological polar surface area (TPSA) is 151 Å². The Hall–Kier alpha value is -1.43. The van der Waals surface area contributed by atoms with Crippen molar-refractivity contribution in [3.63, 3.8) is 0 Å². The van der Waals surface area contributed by atoms with Crippen molar-refractivity contribution in [2.75, 3.05) is 5.94 Å². The van der Waals surface area contributed by atoms with Crippen LogP contribution in [0.4, 0.5) is 4.79 Å². The SMILES string of the molecule is C[C@@H](O)[C@H](NC(=O)OC(C)(C)C)C(=O)NOCS(=O)(=O)O. The van der Waals surface area contributed by atoms with Crippen molar-refractivity contribution in [3.05, 3.63) is 0 Å². The first-order chi connectivity index (χ1) is 9.32. The van der Waals surface area contributed by atoms with Crippen molar-refractivity contribution in [3.8, 4) is 0 Å². The predicted octanol–water partition coefficient (Wildman–Crippen LogP) is -0.846. The van der Waals surface area contributed by atoms with Crippen molar-refractivity contribution in [1.29, 1.82) is 0 Å². The first-order valence-electron chi connectivity index (χ1n) is 5.86. The molecule has 4 N–H and O–H groups in total. The van der Waals surface area contributed by atoms with Crippen LogP contribution in [0.2, 0.25) is 0 Å². The first-order valence-corrected chi connectivity index (χ1v) is 7.47. The fourth-order valence-corrected chi connectivity index (χ4v) is 1.29. The molecule has 0 bridgehead atoms. The molecule has 2 amide bonds. The molecule has 0 aromatic rings. The highest BCUT2D eigenvalue weighted by molar-refractivity contribution is 7.85. The Bertz CT molecular complexity index is 468. The van der Waals surface area contributed by atoms with Gasteiger partial charge < -0.3 is 15.2 Å². The van der Waals surface area contributed by atoms with Crippen molar-refractivity contribution < 1.29 is 37.2 Å². The summed E-state index contributed by atoms with van der Waals surface area (Å²) >= 11 is 0. The maximum absolute atomic E-state index is 11.6. The van der Waals surface area contributed by atoms with E-state index in [1.54, 1.807) is 26.3 Å². The quantitative estimate of drug-likeness (QED) is 0.363. The zero-order chi connectivity index (χ0) is 16.8. The van der Waals surface area contributed by atoms with E-state index in [-0.39, 0.29) is 0 Å². The number of rotatable bonds is 6. The van der Waals surface area contributed by atoms with E-state index < -0.39 is 45.8 Å². The third-order valence-corrected chi connectivity index (χ3v) is 2.23. The Balaban J connectivity index is 4.54. The molecule has 124 valence electrons. The lowest BCUT2D eigenvalue weighted by molar-refractivity contribution is -0.136. The number of ether oxygens (including phenoxy) is 1. The van der Waals surface area contributed by atoms with Crippen molar-refractivity contribution in [2.45, 2.75) is 45.4 Å². The minimum absolute atomic E-state index is 0.800. The van der Waals surface area contributed by atoms with Gasteiger partial charge in [0.2, 0.25) is 5.94 Å². The third kappa shape index (κ3) is 10.0. The molecule has 0 heterocycles. The second-order valence-corrected chi connectivity index (χ2v) is 6.57. The molecule has 0 rings (SSSR count). The van der Waals surface area contributed by atoms with Crippen molar-refractivity contribution in [1.82, 2.24) is 10.8 Å². The fraction of sp³-hybridized carbons (Fsp3) is 0.800. The summed E-state index contributed by atoms with van der Waals surface area (Å²) in [5, 5.41) is 11.5. The molecular formula is C10H20N2O8S. The van der Waals surface area contributed by atoms with E-state index >= 15 is 0 Å². The van der Waals surface area contributed by atoms with Crippen LogP contribution >= 0.6 is 0 Å². The summed E-state index contributed by atoms with van der Waals surface area (Å²) in [6.07, 6.45) is -2.25. The molecule has 0 unspecified atom stereocenters.